The second-order valence-corrected chi connectivity index (χ2v) is 5.13. The Morgan fingerprint density at radius 3 is 3.00 bits per heavy atom. The molecule has 0 amide bonds. The maximum Gasteiger partial charge on any atom is 0.306 e. The third kappa shape index (κ3) is 2.11. The molecule has 1 aromatic heterocycles. The van der Waals surface area contributed by atoms with E-state index in [1.54, 1.807) is 6.92 Å². The molecule has 1 aromatic carbocycles. The van der Waals surface area contributed by atoms with Gasteiger partial charge in [-0.15, -0.1) is 0 Å². The van der Waals surface area contributed by atoms with E-state index in [1.807, 2.05) is 24.3 Å². The molecule has 0 bridgehead atoms. The van der Waals surface area contributed by atoms with Crippen LogP contribution >= 0.6 is 0 Å². The standard InChI is InChI=1S/C16H17NO3/c1-2-20-14(18)9-10-7-8-12-11-5-3-4-6-13(11)17-15(12)16(10)19/h3-6,10,17H,2,7-9H2,1H3. The number of hydrogen-bond donors (Lipinski definition) is 1. The number of para-hydroxylation sites is 1. The Labute approximate surface area is 117 Å². The van der Waals surface area contributed by atoms with Crippen LogP contribution in [0.4, 0.5) is 0 Å². The van der Waals surface area contributed by atoms with Crippen LogP contribution in [0.1, 0.15) is 35.8 Å². The van der Waals surface area contributed by atoms with Gasteiger partial charge in [-0.25, -0.2) is 0 Å². The van der Waals surface area contributed by atoms with Crippen LogP contribution in [0.3, 0.4) is 0 Å². The van der Waals surface area contributed by atoms with Crippen LogP contribution in [-0.2, 0) is 16.0 Å². The summed E-state index contributed by atoms with van der Waals surface area (Å²) in [5, 5.41) is 1.12. The van der Waals surface area contributed by atoms with Crippen molar-refractivity contribution in [2.75, 3.05) is 6.61 Å². The molecule has 0 radical (unpaired) electrons. The lowest BCUT2D eigenvalue weighted by Crippen LogP contribution is -2.25. The van der Waals surface area contributed by atoms with Gasteiger partial charge in [0.05, 0.1) is 18.7 Å². The van der Waals surface area contributed by atoms with E-state index in [9.17, 15) is 9.59 Å². The van der Waals surface area contributed by atoms with Gasteiger partial charge >= 0.3 is 5.97 Å². The lowest BCUT2D eigenvalue weighted by molar-refractivity contribution is -0.143. The SMILES string of the molecule is CCOC(=O)CC1CCc2c([nH]c3ccccc23)C1=O. The number of ketones is 1. The van der Waals surface area contributed by atoms with Gasteiger partial charge in [0, 0.05) is 16.8 Å². The number of Topliss-reactive ketones (excluding diaryl/α,β-unsaturated/α-hetero) is 1. The average Bonchev–Trinajstić information content (AvgIpc) is 2.82. The summed E-state index contributed by atoms with van der Waals surface area (Å²) in [6.45, 7) is 2.13. The minimum absolute atomic E-state index is 0.0375. The van der Waals surface area contributed by atoms with Crippen molar-refractivity contribution in [2.45, 2.75) is 26.2 Å². The quantitative estimate of drug-likeness (QED) is 0.873. The number of carbonyl (C=O) groups excluding carboxylic acids is 2. The molecule has 0 saturated carbocycles. The van der Waals surface area contributed by atoms with Gasteiger partial charge in [0.15, 0.2) is 5.78 Å². The molecule has 1 unspecified atom stereocenters. The largest absolute Gasteiger partial charge is 0.466 e. The van der Waals surface area contributed by atoms with Crippen LogP contribution in [0.25, 0.3) is 10.9 Å². The summed E-state index contributed by atoms with van der Waals surface area (Å²) in [5.74, 6) is -0.504. The average molecular weight is 271 g/mol. The molecule has 1 aliphatic carbocycles. The second kappa shape index (κ2) is 5.12. The number of carbonyl (C=O) groups is 2. The zero-order chi connectivity index (χ0) is 14.1. The zero-order valence-electron chi connectivity index (χ0n) is 11.4. The molecule has 104 valence electrons. The van der Waals surface area contributed by atoms with Crippen LogP contribution < -0.4 is 0 Å². The van der Waals surface area contributed by atoms with Crippen molar-refractivity contribution in [3.05, 3.63) is 35.5 Å². The molecule has 4 nitrogen and oxygen atoms in total. The number of esters is 1. The van der Waals surface area contributed by atoms with Crippen molar-refractivity contribution < 1.29 is 14.3 Å². The van der Waals surface area contributed by atoms with Crippen molar-refractivity contribution in [3.63, 3.8) is 0 Å². The van der Waals surface area contributed by atoms with Crippen molar-refractivity contribution >= 4 is 22.7 Å². The first-order valence-electron chi connectivity index (χ1n) is 7.00. The Morgan fingerprint density at radius 1 is 1.40 bits per heavy atom. The topological polar surface area (TPSA) is 59.2 Å². The van der Waals surface area contributed by atoms with Gasteiger partial charge in [-0.1, -0.05) is 18.2 Å². The Morgan fingerprint density at radius 2 is 2.20 bits per heavy atom. The van der Waals surface area contributed by atoms with Crippen LogP contribution in [-0.4, -0.2) is 23.3 Å². The van der Waals surface area contributed by atoms with Gasteiger partial charge < -0.3 is 9.72 Å². The van der Waals surface area contributed by atoms with E-state index in [1.165, 1.54) is 0 Å². The van der Waals surface area contributed by atoms with E-state index in [0.717, 1.165) is 22.9 Å². The minimum atomic E-state index is -0.287. The highest BCUT2D eigenvalue weighted by Gasteiger charge is 2.31. The number of aromatic amines is 1. The Balaban J connectivity index is 1.89. The molecule has 0 saturated heterocycles. The fourth-order valence-corrected chi connectivity index (χ4v) is 2.94. The first-order chi connectivity index (χ1) is 9.70. The van der Waals surface area contributed by atoms with E-state index >= 15 is 0 Å². The number of nitrogens with one attached hydrogen (secondary N) is 1. The van der Waals surface area contributed by atoms with Gasteiger partial charge in [-0.3, -0.25) is 9.59 Å². The first-order valence-corrected chi connectivity index (χ1v) is 7.00. The molecule has 2 aromatic rings. The number of rotatable bonds is 3. The normalized spacial score (nSPS) is 18.1. The number of hydrogen-bond acceptors (Lipinski definition) is 3. The van der Waals surface area contributed by atoms with Crippen LogP contribution in [0.15, 0.2) is 24.3 Å². The lowest BCUT2D eigenvalue weighted by atomic mass is 9.84. The number of aryl methyl sites for hydroxylation is 1. The van der Waals surface area contributed by atoms with Crippen molar-refractivity contribution in [1.29, 1.82) is 0 Å². The monoisotopic (exact) mass is 271 g/mol. The van der Waals surface area contributed by atoms with Crippen molar-refractivity contribution in [1.82, 2.24) is 4.98 Å². The molecule has 4 heteroatoms. The molecule has 1 heterocycles. The van der Waals surface area contributed by atoms with Gasteiger partial charge in [0.1, 0.15) is 0 Å². The molecular formula is C16H17NO3. The van der Waals surface area contributed by atoms with Gasteiger partial charge in [0.25, 0.3) is 0 Å². The smallest absolute Gasteiger partial charge is 0.306 e. The van der Waals surface area contributed by atoms with E-state index in [2.05, 4.69) is 4.98 Å². The van der Waals surface area contributed by atoms with E-state index in [4.69, 9.17) is 4.74 Å². The summed E-state index contributed by atoms with van der Waals surface area (Å²) in [5.41, 5.74) is 2.75. The minimum Gasteiger partial charge on any atom is -0.466 e. The number of fused-ring (bicyclic) bond motifs is 3. The third-order valence-corrected chi connectivity index (χ3v) is 3.89. The molecule has 0 spiro atoms. The Bertz CT molecular complexity index is 671. The fraction of sp³-hybridized carbons (Fsp3) is 0.375. The molecule has 20 heavy (non-hydrogen) atoms. The van der Waals surface area contributed by atoms with Crippen molar-refractivity contribution in [2.24, 2.45) is 5.92 Å². The third-order valence-electron chi connectivity index (χ3n) is 3.89. The van der Waals surface area contributed by atoms with Crippen LogP contribution in [0.2, 0.25) is 0 Å². The van der Waals surface area contributed by atoms with Gasteiger partial charge in [-0.2, -0.15) is 0 Å². The number of H-pyrrole nitrogens is 1. The number of aromatic nitrogens is 1. The maximum atomic E-state index is 12.5. The molecule has 0 aliphatic heterocycles. The van der Waals surface area contributed by atoms with E-state index in [0.29, 0.717) is 18.7 Å². The zero-order valence-corrected chi connectivity index (χ0v) is 11.4. The summed E-state index contributed by atoms with van der Waals surface area (Å²) >= 11 is 0. The lowest BCUT2D eigenvalue weighted by Gasteiger charge is -2.20. The first kappa shape index (κ1) is 12.9. The molecule has 1 aliphatic rings. The summed E-state index contributed by atoms with van der Waals surface area (Å²) in [4.78, 5) is 27.2. The second-order valence-electron chi connectivity index (χ2n) is 5.13. The van der Waals surface area contributed by atoms with Gasteiger partial charge in [0.2, 0.25) is 0 Å². The van der Waals surface area contributed by atoms with Gasteiger partial charge in [-0.05, 0) is 31.4 Å². The van der Waals surface area contributed by atoms with E-state index < -0.39 is 0 Å². The summed E-state index contributed by atoms with van der Waals surface area (Å²) < 4.78 is 4.94. The number of benzene rings is 1. The maximum absolute atomic E-state index is 12.5. The predicted octanol–water partition coefficient (Wildman–Crippen LogP) is 2.87. The Kier molecular flexibility index (Phi) is 3.30. The molecule has 1 atom stereocenters. The summed E-state index contributed by atoms with van der Waals surface area (Å²) in [6.07, 6.45) is 1.73. The van der Waals surface area contributed by atoms with E-state index in [-0.39, 0.29) is 24.1 Å². The highest BCUT2D eigenvalue weighted by molar-refractivity contribution is 6.05. The predicted molar refractivity (Wildman–Crippen MR) is 75.7 cm³/mol. The van der Waals surface area contributed by atoms with Crippen molar-refractivity contribution in [3.8, 4) is 0 Å². The highest BCUT2D eigenvalue weighted by atomic mass is 16.5. The highest BCUT2D eigenvalue weighted by Crippen LogP contribution is 2.32. The molecule has 3 rings (SSSR count). The Hall–Kier alpha value is -2.10. The summed E-state index contributed by atoms with van der Waals surface area (Å²) in [7, 11) is 0. The van der Waals surface area contributed by atoms with Crippen LogP contribution in [0.5, 0.6) is 0 Å². The number of ether oxygens (including phenoxy) is 1. The summed E-state index contributed by atoms with van der Waals surface area (Å²) in [6, 6.07) is 7.93. The fourth-order valence-electron chi connectivity index (χ4n) is 2.94. The molecule has 1 N–H and O–H groups in total. The molecular weight excluding hydrogens is 254 g/mol. The molecule has 0 fully saturated rings. The van der Waals surface area contributed by atoms with Crippen LogP contribution in [0, 0.1) is 5.92 Å².